The summed E-state index contributed by atoms with van der Waals surface area (Å²) in [5.74, 6) is 1.27. The lowest BCUT2D eigenvalue weighted by Crippen LogP contribution is -2.19. The number of hydrogen-bond donors (Lipinski definition) is 1. The zero-order valence-corrected chi connectivity index (χ0v) is 21.3. The van der Waals surface area contributed by atoms with Crippen LogP contribution in [0.4, 0.5) is 19.1 Å². The summed E-state index contributed by atoms with van der Waals surface area (Å²) in [6.45, 7) is 3.89. The molecule has 5 aromatic heterocycles. The fraction of sp³-hybridized carbons (Fsp3) is 0.391. The summed E-state index contributed by atoms with van der Waals surface area (Å²) in [7, 11) is 1.91. The van der Waals surface area contributed by atoms with Gasteiger partial charge in [-0.1, -0.05) is 17.7 Å². The van der Waals surface area contributed by atoms with Gasteiger partial charge in [0.15, 0.2) is 22.9 Å². The minimum Gasteiger partial charge on any atom is -0.504 e. The molecule has 0 spiro atoms. The van der Waals surface area contributed by atoms with Gasteiger partial charge in [0.2, 0.25) is 5.95 Å². The molecule has 15 heteroatoms. The molecule has 200 valence electrons. The second-order valence-corrected chi connectivity index (χ2v) is 9.22. The van der Waals surface area contributed by atoms with E-state index >= 15 is 0 Å². The van der Waals surface area contributed by atoms with Crippen molar-refractivity contribution < 1.29 is 18.3 Å². The Morgan fingerprint density at radius 3 is 2.50 bits per heavy atom. The Labute approximate surface area is 219 Å². The van der Waals surface area contributed by atoms with Crippen molar-refractivity contribution in [1.82, 2.24) is 44.0 Å². The molecule has 0 aliphatic carbocycles. The predicted molar refractivity (Wildman–Crippen MR) is 132 cm³/mol. The summed E-state index contributed by atoms with van der Waals surface area (Å²) in [5.41, 5.74) is 1.37. The third-order valence-corrected chi connectivity index (χ3v) is 6.49. The molecule has 1 fully saturated rings. The zero-order valence-electron chi connectivity index (χ0n) is 20.6. The van der Waals surface area contributed by atoms with Gasteiger partial charge in [-0.2, -0.15) is 23.3 Å². The van der Waals surface area contributed by atoms with E-state index in [1.807, 2.05) is 18.7 Å². The van der Waals surface area contributed by atoms with Crippen LogP contribution in [0.1, 0.15) is 36.0 Å². The highest BCUT2D eigenvalue weighted by Gasteiger charge is 2.36. The molecule has 0 unspecified atom stereocenters. The average molecular weight is 549 g/mol. The molecule has 0 aromatic carbocycles. The first-order chi connectivity index (χ1) is 18.1. The first-order valence-electron chi connectivity index (χ1n) is 11.9. The summed E-state index contributed by atoms with van der Waals surface area (Å²) in [6, 6.07) is 6.14. The molecule has 6 heterocycles. The number of anilines is 1. The average Bonchev–Trinajstić information content (AvgIpc) is 3.67. The summed E-state index contributed by atoms with van der Waals surface area (Å²) >= 11 is 6.09. The van der Waals surface area contributed by atoms with E-state index in [9.17, 15) is 18.3 Å². The molecule has 38 heavy (non-hydrogen) atoms. The van der Waals surface area contributed by atoms with Crippen molar-refractivity contribution in [1.29, 1.82) is 0 Å². The van der Waals surface area contributed by atoms with Crippen LogP contribution in [-0.4, -0.2) is 62.2 Å². The molecule has 11 nitrogen and oxygen atoms in total. The van der Waals surface area contributed by atoms with Crippen molar-refractivity contribution >= 4 is 28.8 Å². The van der Waals surface area contributed by atoms with Crippen molar-refractivity contribution in [3.05, 3.63) is 58.7 Å². The lowest BCUT2D eigenvalue weighted by Gasteiger charge is -2.10. The number of aryl methyl sites for hydroxylation is 4. The Hall–Kier alpha value is -3.94. The first kappa shape index (κ1) is 25.7. The molecule has 0 saturated carbocycles. The highest BCUT2D eigenvalue weighted by atomic mass is 35.5. The maximum Gasteiger partial charge on any atom is 0.453 e. The van der Waals surface area contributed by atoms with E-state index in [0.717, 1.165) is 35.1 Å². The molecule has 1 aliphatic heterocycles. The highest BCUT2D eigenvalue weighted by molar-refractivity contribution is 6.31. The number of nitrogens with zero attached hydrogens (tertiary/aromatic N) is 10. The third-order valence-electron chi connectivity index (χ3n) is 6.10. The fourth-order valence-corrected chi connectivity index (χ4v) is 4.28. The van der Waals surface area contributed by atoms with E-state index in [-0.39, 0.29) is 11.4 Å². The second kappa shape index (κ2) is 10.1. The second-order valence-electron chi connectivity index (χ2n) is 8.81. The minimum atomic E-state index is -4.48. The summed E-state index contributed by atoms with van der Waals surface area (Å²) in [6.07, 6.45) is 0.629. The number of hydrogen-bond acceptors (Lipinski definition) is 8. The monoisotopic (exact) mass is 548 g/mol. The number of halogens is 4. The van der Waals surface area contributed by atoms with E-state index in [2.05, 4.69) is 35.1 Å². The number of aromatic hydroxyl groups is 1. The smallest absolute Gasteiger partial charge is 0.453 e. The van der Waals surface area contributed by atoms with Crippen LogP contribution < -0.4 is 4.90 Å². The van der Waals surface area contributed by atoms with Crippen LogP contribution in [0.2, 0.25) is 5.02 Å². The van der Waals surface area contributed by atoms with Gasteiger partial charge in [0, 0.05) is 45.2 Å². The SMILES string of the molecule is Cc1c(Cl)cc(O)c2nc(CCc3nc(N4CCCC4)nn3C)nn12.FC(F)(F)c1nc2ccccn2n1. The number of fused-ring (bicyclic) bond motifs is 2. The van der Waals surface area contributed by atoms with Gasteiger partial charge >= 0.3 is 6.18 Å². The lowest BCUT2D eigenvalue weighted by molar-refractivity contribution is -0.144. The first-order valence-corrected chi connectivity index (χ1v) is 12.2. The lowest BCUT2D eigenvalue weighted by atomic mass is 10.3. The zero-order chi connectivity index (χ0) is 27.0. The minimum absolute atomic E-state index is 0.0318. The van der Waals surface area contributed by atoms with E-state index in [0.29, 0.717) is 29.3 Å². The predicted octanol–water partition coefficient (Wildman–Crippen LogP) is 3.66. The molecule has 1 N–H and O–H groups in total. The third kappa shape index (κ3) is 5.21. The molecule has 1 saturated heterocycles. The Bertz CT molecular complexity index is 1550. The van der Waals surface area contributed by atoms with Gasteiger partial charge in [-0.05, 0) is 31.9 Å². The van der Waals surface area contributed by atoms with Gasteiger partial charge in [0.1, 0.15) is 5.82 Å². The van der Waals surface area contributed by atoms with Gasteiger partial charge in [-0.15, -0.1) is 10.2 Å². The molecule has 0 radical (unpaired) electrons. The van der Waals surface area contributed by atoms with Gasteiger partial charge in [0.25, 0.3) is 5.82 Å². The Morgan fingerprint density at radius 2 is 1.79 bits per heavy atom. The van der Waals surface area contributed by atoms with Crippen molar-refractivity contribution in [2.24, 2.45) is 7.05 Å². The van der Waals surface area contributed by atoms with E-state index < -0.39 is 12.0 Å². The summed E-state index contributed by atoms with van der Waals surface area (Å²) < 4.78 is 40.8. The number of rotatable bonds is 4. The van der Waals surface area contributed by atoms with Crippen molar-refractivity contribution in [2.75, 3.05) is 18.0 Å². The van der Waals surface area contributed by atoms with E-state index in [1.165, 1.54) is 31.2 Å². The van der Waals surface area contributed by atoms with Crippen LogP contribution in [0.15, 0.2) is 30.5 Å². The van der Waals surface area contributed by atoms with Crippen molar-refractivity contribution in [2.45, 2.75) is 38.8 Å². The van der Waals surface area contributed by atoms with E-state index in [1.54, 1.807) is 16.6 Å². The Kier molecular flexibility index (Phi) is 6.82. The standard InChI is InChI=1S/C16H20ClN7O.C7H4F3N3/c1-10-11(17)9-12(25)15-18-13(20-24(10)15)5-6-14-19-16(21-22(14)2)23-7-3-4-8-23;8-7(9,10)6-11-5-3-1-2-4-13(5)12-6/h9,25H,3-8H2,1-2H3;1-4H. The molecule has 0 amide bonds. The number of aromatic nitrogens is 9. The topological polar surface area (TPSA) is 115 Å². The molecular weight excluding hydrogens is 525 g/mol. The van der Waals surface area contributed by atoms with E-state index in [4.69, 9.17) is 11.6 Å². The Morgan fingerprint density at radius 1 is 1.03 bits per heavy atom. The van der Waals surface area contributed by atoms with Crippen LogP contribution >= 0.6 is 11.6 Å². The maximum atomic E-state index is 12.1. The molecular formula is C23H24ClF3N10O. The highest BCUT2D eigenvalue weighted by Crippen LogP contribution is 2.27. The van der Waals surface area contributed by atoms with Crippen LogP contribution in [-0.2, 0) is 26.1 Å². The van der Waals surface area contributed by atoms with Crippen molar-refractivity contribution in [3.63, 3.8) is 0 Å². The van der Waals surface area contributed by atoms with Gasteiger partial charge < -0.3 is 10.0 Å². The van der Waals surface area contributed by atoms with Crippen LogP contribution in [0, 0.1) is 6.92 Å². The molecule has 0 bridgehead atoms. The molecule has 0 atom stereocenters. The Balaban J connectivity index is 0.000000190. The van der Waals surface area contributed by atoms with Gasteiger partial charge in [-0.3, -0.25) is 4.68 Å². The normalized spacial score (nSPS) is 13.9. The van der Waals surface area contributed by atoms with Crippen LogP contribution in [0.3, 0.4) is 0 Å². The molecule has 5 aromatic rings. The number of alkyl halides is 3. The van der Waals surface area contributed by atoms with Crippen LogP contribution in [0.25, 0.3) is 11.3 Å². The largest absolute Gasteiger partial charge is 0.504 e. The van der Waals surface area contributed by atoms with Gasteiger partial charge in [0.05, 0.1) is 10.7 Å². The quantitative estimate of drug-likeness (QED) is 0.362. The molecule has 6 rings (SSSR count). The fourth-order valence-electron chi connectivity index (χ4n) is 4.10. The summed E-state index contributed by atoms with van der Waals surface area (Å²) in [5, 5.41) is 22.7. The summed E-state index contributed by atoms with van der Waals surface area (Å²) in [4.78, 5) is 14.6. The van der Waals surface area contributed by atoms with Crippen molar-refractivity contribution in [3.8, 4) is 5.75 Å². The maximum absolute atomic E-state index is 12.1. The number of pyridine rings is 2. The molecule has 1 aliphatic rings. The van der Waals surface area contributed by atoms with Gasteiger partial charge in [-0.25, -0.2) is 19.0 Å². The van der Waals surface area contributed by atoms with Crippen LogP contribution in [0.5, 0.6) is 5.75 Å².